The third-order valence-electron chi connectivity index (χ3n) is 5.30. The maximum atomic E-state index is 13.1. The van der Waals surface area contributed by atoms with Gasteiger partial charge in [-0.05, 0) is 54.8 Å². The lowest BCUT2D eigenvalue weighted by atomic mass is 10.0. The minimum absolute atomic E-state index is 0.0863. The molecule has 0 aliphatic carbocycles. The van der Waals surface area contributed by atoms with E-state index in [2.05, 4.69) is 6.07 Å². The normalized spacial score (nSPS) is 18.9. The summed E-state index contributed by atoms with van der Waals surface area (Å²) in [6.45, 7) is 2.14. The van der Waals surface area contributed by atoms with Gasteiger partial charge in [0.25, 0.3) is 5.91 Å². The average Bonchev–Trinajstić information content (AvgIpc) is 3.06. The van der Waals surface area contributed by atoms with Gasteiger partial charge in [-0.2, -0.15) is 0 Å². The molecule has 2 heterocycles. The van der Waals surface area contributed by atoms with Crippen molar-refractivity contribution < 1.29 is 14.3 Å². The van der Waals surface area contributed by atoms with E-state index in [1.807, 2.05) is 60.3 Å². The maximum Gasteiger partial charge on any atom is 0.254 e. The molecule has 0 bridgehead atoms. The zero-order valence-corrected chi connectivity index (χ0v) is 16.0. The fourth-order valence-electron chi connectivity index (χ4n) is 3.81. The second-order valence-electron chi connectivity index (χ2n) is 7.35. The number of amides is 1. The van der Waals surface area contributed by atoms with Crippen LogP contribution in [0.3, 0.4) is 0 Å². The first-order valence-electron chi connectivity index (χ1n) is 9.61. The van der Waals surface area contributed by atoms with Gasteiger partial charge in [0.1, 0.15) is 0 Å². The molecule has 4 rings (SSSR count). The summed E-state index contributed by atoms with van der Waals surface area (Å²) in [5.41, 5.74) is 2.95. The number of fused-ring (bicyclic) bond motifs is 1. The molecule has 5 nitrogen and oxygen atoms in total. The summed E-state index contributed by atoms with van der Waals surface area (Å²) in [5, 5.41) is 0. The van der Waals surface area contributed by atoms with Gasteiger partial charge in [-0.15, -0.1) is 0 Å². The summed E-state index contributed by atoms with van der Waals surface area (Å²) in [6, 6.07) is 14.0. The van der Waals surface area contributed by atoms with E-state index in [4.69, 9.17) is 9.47 Å². The zero-order chi connectivity index (χ0) is 18.8. The molecular weight excluding hydrogens is 340 g/mol. The smallest absolute Gasteiger partial charge is 0.254 e. The molecule has 0 saturated carbocycles. The van der Waals surface area contributed by atoms with Crippen LogP contribution in [0.4, 0.5) is 5.69 Å². The second-order valence-corrected chi connectivity index (χ2v) is 7.35. The number of rotatable bonds is 3. The molecule has 2 aliphatic heterocycles. The minimum Gasteiger partial charge on any atom is -0.490 e. The number of anilines is 1. The number of carbonyl (C=O) groups excluding carboxylic acids is 1. The number of hydrogen-bond donors (Lipinski definition) is 0. The van der Waals surface area contributed by atoms with Crippen LogP contribution < -0.4 is 14.4 Å². The molecule has 2 aromatic rings. The van der Waals surface area contributed by atoms with Crippen LogP contribution in [0.2, 0.25) is 0 Å². The van der Waals surface area contributed by atoms with E-state index >= 15 is 0 Å². The second kappa shape index (κ2) is 7.51. The Morgan fingerprint density at radius 2 is 1.74 bits per heavy atom. The van der Waals surface area contributed by atoms with Crippen LogP contribution in [0.1, 0.15) is 41.2 Å². The lowest BCUT2D eigenvalue weighted by Crippen LogP contribution is -2.30. The van der Waals surface area contributed by atoms with E-state index in [1.54, 1.807) is 0 Å². The summed E-state index contributed by atoms with van der Waals surface area (Å²) >= 11 is 0. The highest BCUT2D eigenvalue weighted by Gasteiger charge is 2.31. The summed E-state index contributed by atoms with van der Waals surface area (Å²) in [6.07, 6.45) is 2.88. The van der Waals surface area contributed by atoms with Crippen LogP contribution in [0.25, 0.3) is 0 Å². The topological polar surface area (TPSA) is 42.0 Å². The molecule has 0 spiro atoms. The Hall–Kier alpha value is -2.69. The molecule has 1 amide bonds. The van der Waals surface area contributed by atoms with E-state index in [0.29, 0.717) is 13.2 Å². The van der Waals surface area contributed by atoms with E-state index in [1.165, 1.54) is 0 Å². The van der Waals surface area contributed by atoms with Gasteiger partial charge in [0, 0.05) is 38.3 Å². The van der Waals surface area contributed by atoms with Crippen molar-refractivity contribution in [1.29, 1.82) is 0 Å². The fourth-order valence-corrected chi connectivity index (χ4v) is 3.81. The van der Waals surface area contributed by atoms with E-state index < -0.39 is 0 Å². The third kappa shape index (κ3) is 3.59. The molecule has 1 saturated heterocycles. The number of benzene rings is 2. The number of nitrogens with zero attached hydrogens (tertiary/aromatic N) is 2. The van der Waals surface area contributed by atoms with Gasteiger partial charge < -0.3 is 19.3 Å². The molecule has 0 N–H and O–H groups in total. The lowest BCUT2D eigenvalue weighted by molar-refractivity contribution is 0.0735. The van der Waals surface area contributed by atoms with E-state index in [9.17, 15) is 4.79 Å². The lowest BCUT2D eigenvalue weighted by Gasteiger charge is -2.26. The maximum absolute atomic E-state index is 13.1. The van der Waals surface area contributed by atoms with Gasteiger partial charge in [-0.3, -0.25) is 4.79 Å². The van der Waals surface area contributed by atoms with Crippen LogP contribution in [0.5, 0.6) is 11.5 Å². The number of hydrogen-bond acceptors (Lipinski definition) is 4. The third-order valence-corrected chi connectivity index (χ3v) is 5.30. The predicted molar refractivity (Wildman–Crippen MR) is 106 cm³/mol. The van der Waals surface area contributed by atoms with Crippen molar-refractivity contribution in [2.75, 3.05) is 38.8 Å². The van der Waals surface area contributed by atoms with Gasteiger partial charge in [-0.1, -0.05) is 6.07 Å². The number of likely N-dealkylation sites (tertiary alicyclic amines) is 1. The summed E-state index contributed by atoms with van der Waals surface area (Å²) in [4.78, 5) is 17.1. The van der Waals surface area contributed by atoms with Crippen molar-refractivity contribution >= 4 is 11.6 Å². The molecule has 5 heteroatoms. The Morgan fingerprint density at radius 3 is 2.48 bits per heavy atom. The predicted octanol–water partition coefficient (Wildman–Crippen LogP) is 3.89. The monoisotopic (exact) mass is 366 g/mol. The van der Waals surface area contributed by atoms with Gasteiger partial charge in [0.05, 0.1) is 19.3 Å². The van der Waals surface area contributed by atoms with Gasteiger partial charge in [-0.25, -0.2) is 0 Å². The van der Waals surface area contributed by atoms with Crippen LogP contribution in [0, 0.1) is 0 Å². The summed E-state index contributed by atoms with van der Waals surface area (Å²) < 4.78 is 11.6. The molecule has 1 atom stereocenters. The van der Waals surface area contributed by atoms with Crippen LogP contribution in [0.15, 0.2) is 42.5 Å². The Bertz CT molecular complexity index is 817. The average molecular weight is 366 g/mol. The van der Waals surface area contributed by atoms with Crippen LogP contribution in [-0.2, 0) is 0 Å². The molecule has 1 fully saturated rings. The van der Waals surface area contributed by atoms with Crippen molar-refractivity contribution in [1.82, 2.24) is 4.90 Å². The highest BCUT2D eigenvalue weighted by Crippen LogP contribution is 2.38. The largest absolute Gasteiger partial charge is 0.490 e. The molecule has 0 radical (unpaired) electrons. The van der Waals surface area contributed by atoms with E-state index in [-0.39, 0.29) is 11.9 Å². The Balaban J connectivity index is 1.57. The first-order chi connectivity index (χ1) is 13.1. The molecule has 1 unspecified atom stereocenters. The standard InChI is InChI=1S/C22H26N2O3/c1-23(2)18-9-6-16(7-10-18)22(25)24-12-3-5-19(24)17-8-11-20-21(15-17)27-14-4-13-26-20/h6-11,15,19H,3-5,12-14H2,1-2H3. The Morgan fingerprint density at radius 1 is 1.00 bits per heavy atom. The fraction of sp³-hybridized carbons (Fsp3) is 0.409. The van der Waals surface area contributed by atoms with Crippen molar-refractivity contribution in [3.63, 3.8) is 0 Å². The minimum atomic E-state index is 0.0863. The van der Waals surface area contributed by atoms with Crippen LogP contribution in [-0.4, -0.2) is 44.7 Å². The molecule has 0 aromatic heterocycles. The number of carbonyl (C=O) groups is 1. The Kier molecular flexibility index (Phi) is 4.92. The van der Waals surface area contributed by atoms with Crippen molar-refractivity contribution in [3.05, 3.63) is 53.6 Å². The molecule has 27 heavy (non-hydrogen) atoms. The van der Waals surface area contributed by atoms with Crippen molar-refractivity contribution in [2.24, 2.45) is 0 Å². The molecule has 142 valence electrons. The molecule has 2 aliphatic rings. The van der Waals surface area contributed by atoms with E-state index in [0.717, 1.165) is 54.1 Å². The Labute approximate surface area is 160 Å². The van der Waals surface area contributed by atoms with Crippen molar-refractivity contribution in [2.45, 2.75) is 25.3 Å². The van der Waals surface area contributed by atoms with Crippen molar-refractivity contribution in [3.8, 4) is 11.5 Å². The number of ether oxygens (including phenoxy) is 2. The van der Waals surface area contributed by atoms with Crippen LogP contribution >= 0.6 is 0 Å². The van der Waals surface area contributed by atoms with Gasteiger partial charge in [0.15, 0.2) is 11.5 Å². The SMILES string of the molecule is CN(C)c1ccc(C(=O)N2CCCC2c2ccc3c(c2)OCCCO3)cc1. The molecular formula is C22H26N2O3. The first-order valence-corrected chi connectivity index (χ1v) is 9.61. The summed E-state index contributed by atoms with van der Waals surface area (Å²) in [5.74, 6) is 1.68. The quantitative estimate of drug-likeness (QED) is 0.826. The summed E-state index contributed by atoms with van der Waals surface area (Å²) in [7, 11) is 3.99. The highest BCUT2D eigenvalue weighted by atomic mass is 16.5. The highest BCUT2D eigenvalue weighted by molar-refractivity contribution is 5.95. The van der Waals surface area contributed by atoms with Gasteiger partial charge in [0.2, 0.25) is 0 Å². The zero-order valence-electron chi connectivity index (χ0n) is 16.0. The molecule has 2 aromatic carbocycles. The first kappa shape index (κ1) is 17.7. The van der Waals surface area contributed by atoms with Gasteiger partial charge >= 0.3 is 0 Å².